The molecule has 0 amide bonds. The van der Waals surface area contributed by atoms with Gasteiger partial charge in [-0.1, -0.05) is 23.7 Å². The average molecular weight is 252 g/mol. The van der Waals surface area contributed by atoms with Crippen LogP contribution in [0.2, 0.25) is 5.02 Å². The molecular weight excluding hydrogens is 242 g/mol. The van der Waals surface area contributed by atoms with Gasteiger partial charge in [0, 0.05) is 16.7 Å². The molecule has 4 nitrogen and oxygen atoms in total. The van der Waals surface area contributed by atoms with Crippen LogP contribution < -0.4 is 0 Å². The Hall–Kier alpha value is -1.81. The Morgan fingerprint density at radius 1 is 1.41 bits per heavy atom. The third-order valence-corrected chi connectivity index (χ3v) is 2.60. The van der Waals surface area contributed by atoms with E-state index in [4.69, 9.17) is 21.2 Å². The van der Waals surface area contributed by atoms with E-state index in [2.05, 4.69) is 5.16 Å². The molecule has 0 saturated heterocycles. The highest BCUT2D eigenvalue weighted by atomic mass is 35.5. The number of hydrogen-bond donors (Lipinski definition) is 1. The Kier molecular flexibility index (Phi) is 3.15. The van der Waals surface area contributed by atoms with Gasteiger partial charge in [-0.2, -0.15) is 0 Å². The molecule has 0 saturated carbocycles. The molecule has 0 unspecified atom stereocenters. The zero-order valence-corrected chi connectivity index (χ0v) is 9.86. The minimum atomic E-state index is -1.11. The van der Waals surface area contributed by atoms with Gasteiger partial charge in [0.25, 0.3) is 0 Å². The predicted molar refractivity (Wildman–Crippen MR) is 63.3 cm³/mol. The first-order chi connectivity index (χ1) is 8.10. The van der Waals surface area contributed by atoms with Gasteiger partial charge in [-0.25, -0.2) is 4.79 Å². The molecule has 0 atom stereocenters. The van der Waals surface area contributed by atoms with Gasteiger partial charge in [-0.3, -0.25) is 0 Å². The molecule has 1 aromatic carbocycles. The van der Waals surface area contributed by atoms with Gasteiger partial charge in [0.05, 0.1) is 0 Å². The SMILES string of the molecule is CCc1cc(Cl)cc(-c2cc(C(=O)O)no2)c1. The highest BCUT2D eigenvalue weighted by molar-refractivity contribution is 6.30. The normalized spacial score (nSPS) is 10.5. The van der Waals surface area contributed by atoms with E-state index in [0.29, 0.717) is 10.8 Å². The van der Waals surface area contributed by atoms with Crippen molar-refractivity contribution in [3.63, 3.8) is 0 Å². The molecule has 88 valence electrons. The number of hydrogen-bond acceptors (Lipinski definition) is 3. The van der Waals surface area contributed by atoms with Crippen LogP contribution in [-0.2, 0) is 6.42 Å². The minimum absolute atomic E-state index is 0.113. The van der Waals surface area contributed by atoms with Gasteiger partial charge in [-0.15, -0.1) is 0 Å². The lowest BCUT2D eigenvalue weighted by molar-refractivity contribution is 0.0686. The van der Waals surface area contributed by atoms with E-state index in [1.54, 1.807) is 6.07 Å². The average Bonchev–Trinajstić information content (AvgIpc) is 2.77. The van der Waals surface area contributed by atoms with Crippen molar-refractivity contribution in [2.24, 2.45) is 0 Å². The van der Waals surface area contributed by atoms with Crippen LogP contribution in [-0.4, -0.2) is 16.2 Å². The molecule has 2 aromatic rings. The van der Waals surface area contributed by atoms with Crippen molar-refractivity contribution in [2.45, 2.75) is 13.3 Å². The van der Waals surface area contributed by atoms with Crippen LogP contribution in [0.5, 0.6) is 0 Å². The van der Waals surface area contributed by atoms with E-state index in [1.807, 2.05) is 19.1 Å². The molecule has 0 bridgehead atoms. The summed E-state index contributed by atoms with van der Waals surface area (Å²) >= 11 is 5.97. The maximum Gasteiger partial charge on any atom is 0.358 e. The van der Waals surface area contributed by atoms with Gasteiger partial charge in [0.15, 0.2) is 11.5 Å². The monoisotopic (exact) mass is 251 g/mol. The molecule has 0 fully saturated rings. The van der Waals surface area contributed by atoms with Crippen molar-refractivity contribution >= 4 is 17.6 Å². The smallest absolute Gasteiger partial charge is 0.358 e. The fraction of sp³-hybridized carbons (Fsp3) is 0.167. The van der Waals surface area contributed by atoms with E-state index in [1.165, 1.54) is 6.07 Å². The fourth-order valence-electron chi connectivity index (χ4n) is 1.51. The van der Waals surface area contributed by atoms with Gasteiger partial charge < -0.3 is 9.63 Å². The zero-order chi connectivity index (χ0) is 12.4. The molecule has 2 rings (SSSR count). The Balaban J connectivity index is 2.44. The summed E-state index contributed by atoms with van der Waals surface area (Å²) in [5, 5.41) is 12.8. The molecule has 0 spiro atoms. The molecule has 0 aliphatic carbocycles. The number of aromatic nitrogens is 1. The summed E-state index contributed by atoms with van der Waals surface area (Å²) < 4.78 is 4.98. The predicted octanol–water partition coefficient (Wildman–Crippen LogP) is 3.26. The van der Waals surface area contributed by atoms with E-state index < -0.39 is 5.97 Å². The van der Waals surface area contributed by atoms with Crippen molar-refractivity contribution in [1.29, 1.82) is 0 Å². The quantitative estimate of drug-likeness (QED) is 0.909. The molecule has 1 N–H and O–H groups in total. The summed E-state index contributed by atoms with van der Waals surface area (Å²) in [5.41, 5.74) is 1.67. The van der Waals surface area contributed by atoms with Crippen LogP contribution in [0.1, 0.15) is 23.0 Å². The number of aryl methyl sites for hydroxylation is 1. The second kappa shape index (κ2) is 4.59. The summed E-state index contributed by atoms with van der Waals surface area (Å²) in [6, 6.07) is 6.86. The summed E-state index contributed by atoms with van der Waals surface area (Å²) in [6.07, 6.45) is 0.841. The van der Waals surface area contributed by atoms with Crippen molar-refractivity contribution < 1.29 is 14.4 Å². The van der Waals surface area contributed by atoms with Gasteiger partial charge in [-0.05, 0) is 30.2 Å². The molecule has 1 heterocycles. The van der Waals surface area contributed by atoms with Crippen LogP contribution in [0.15, 0.2) is 28.8 Å². The molecule has 1 aromatic heterocycles. The molecule has 0 radical (unpaired) electrons. The molecule has 17 heavy (non-hydrogen) atoms. The standard InChI is InChI=1S/C12H10ClNO3/c1-2-7-3-8(5-9(13)4-7)11-6-10(12(15)16)14-17-11/h3-6H,2H2,1H3,(H,15,16). The molecular formula is C12H10ClNO3. The second-order valence-corrected chi connectivity index (χ2v) is 4.02. The maximum atomic E-state index is 10.7. The number of carbonyl (C=O) groups is 1. The van der Waals surface area contributed by atoms with E-state index in [-0.39, 0.29) is 5.69 Å². The summed E-state index contributed by atoms with van der Waals surface area (Å²) in [4.78, 5) is 10.7. The highest BCUT2D eigenvalue weighted by Gasteiger charge is 2.12. The third-order valence-electron chi connectivity index (χ3n) is 2.38. The lowest BCUT2D eigenvalue weighted by atomic mass is 10.1. The van der Waals surface area contributed by atoms with E-state index >= 15 is 0 Å². The Bertz CT molecular complexity index is 563. The first kappa shape index (κ1) is 11.7. The maximum absolute atomic E-state index is 10.7. The summed E-state index contributed by atoms with van der Waals surface area (Å²) in [7, 11) is 0. The lowest BCUT2D eigenvalue weighted by Gasteiger charge is -2.01. The summed E-state index contributed by atoms with van der Waals surface area (Å²) in [5.74, 6) is -0.711. The largest absolute Gasteiger partial charge is 0.476 e. The van der Waals surface area contributed by atoms with Crippen LogP contribution in [0, 0.1) is 0 Å². The Morgan fingerprint density at radius 3 is 2.76 bits per heavy atom. The Morgan fingerprint density at radius 2 is 2.18 bits per heavy atom. The molecule has 0 aliphatic rings. The first-order valence-corrected chi connectivity index (χ1v) is 5.48. The van der Waals surface area contributed by atoms with Crippen LogP contribution >= 0.6 is 11.6 Å². The van der Waals surface area contributed by atoms with Gasteiger partial charge >= 0.3 is 5.97 Å². The van der Waals surface area contributed by atoms with Crippen molar-refractivity contribution in [2.75, 3.05) is 0 Å². The molecule has 0 aliphatic heterocycles. The lowest BCUT2D eigenvalue weighted by Crippen LogP contribution is -1.94. The zero-order valence-electron chi connectivity index (χ0n) is 9.11. The third kappa shape index (κ3) is 2.47. The van der Waals surface area contributed by atoms with E-state index in [9.17, 15) is 4.79 Å². The first-order valence-electron chi connectivity index (χ1n) is 5.10. The highest BCUT2D eigenvalue weighted by Crippen LogP contribution is 2.25. The minimum Gasteiger partial charge on any atom is -0.476 e. The number of benzene rings is 1. The van der Waals surface area contributed by atoms with Crippen molar-refractivity contribution in [3.05, 3.63) is 40.5 Å². The molecule has 5 heteroatoms. The van der Waals surface area contributed by atoms with Crippen LogP contribution in [0.3, 0.4) is 0 Å². The second-order valence-electron chi connectivity index (χ2n) is 3.58. The topological polar surface area (TPSA) is 63.3 Å². The van der Waals surface area contributed by atoms with Crippen LogP contribution in [0.25, 0.3) is 11.3 Å². The number of halogens is 1. The number of carboxylic acid groups (broad SMARTS) is 1. The van der Waals surface area contributed by atoms with E-state index in [0.717, 1.165) is 17.5 Å². The van der Waals surface area contributed by atoms with Crippen molar-refractivity contribution in [3.8, 4) is 11.3 Å². The number of nitrogens with zero attached hydrogens (tertiary/aromatic N) is 1. The number of carboxylic acids is 1. The van der Waals surface area contributed by atoms with Crippen molar-refractivity contribution in [1.82, 2.24) is 5.16 Å². The van der Waals surface area contributed by atoms with Crippen LogP contribution in [0.4, 0.5) is 0 Å². The number of aromatic carboxylic acids is 1. The number of rotatable bonds is 3. The van der Waals surface area contributed by atoms with Gasteiger partial charge in [0.1, 0.15) is 0 Å². The van der Waals surface area contributed by atoms with Gasteiger partial charge in [0.2, 0.25) is 0 Å². The fourth-order valence-corrected chi connectivity index (χ4v) is 1.77. The Labute approximate surface area is 103 Å². The summed E-state index contributed by atoms with van der Waals surface area (Å²) in [6.45, 7) is 2.01.